The highest BCUT2D eigenvalue weighted by Crippen LogP contribution is 2.24. The summed E-state index contributed by atoms with van der Waals surface area (Å²) in [6.45, 7) is 7.80. The van der Waals surface area contributed by atoms with Crippen molar-refractivity contribution in [2.75, 3.05) is 0 Å². The van der Waals surface area contributed by atoms with Gasteiger partial charge in [0.1, 0.15) is 5.82 Å². The van der Waals surface area contributed by atoms with Gasteiger partial charge < -0.3 is 0 Å². The fraction of sp³-hybridized carbons (Fsp3) is 0.333. The van der Waals surface area contributed by atoms with Crippen LogP contribution >= 0.6 is 11.6 Å². The minimum atomic E-state index is -0.361. The van der Waals surface area contributed by atoms with Gasteiger partial charge in [-0.3, -0.25) is 0 Å². The molecule has 0 amide bonds. The summed E-state index contributed by atoms with van der Waals surface area (Å²) in [5, 5.41) is 0.160. The smallest absolute Gasteiger partial charge is 0.149 e. The molecule has 1 rings (SSSR count). The Kier molecular flexibility index (Phi) is 3.70. The standard InChI is InChI=1S/C12H14ClF/c1-4-10-9(7-8(2)3)5-6-11(13)12(10)14/h4-6,8H,1,7H2,2-3H3. The van der Waals surface area contributed by atoms with Crippen molar-refractivity contribution in [3.63, 3.8) is 0 Å². The van der Waals surface area contributed by atoms with Crippen molar-refractivity contribution < 1.29 is 4.39 Å². The highest BCUT2D eigenvalue weighted by Gasteiger charge is 2.10. The average molecular weight is 213 g/mol. The van der Waals surface area contributed by atoms with E-state index in [9.17, 15) is 4.39 Å². The van der Waals surface area contributed by atoms with Crippen LogP contribution in [0.1, 0.15) is 25.0 Å². The molecule has 0 heterocycles. The Labute approximate surface area is 89.4 Å². The van der Waals surface area contributed by atoms with Gasteiger partial charge >= 0.3 is 0 Å². The molecular formula is C12H14ClF. The normalized spacial score (nSPS) is 10.6. The van der Waals surface area contributed by atoms with Gasteiger partial charge in [-0.05, 0) is 24.0 Å². The monoisotopic (exact) mass is 212 g/mol. The Hall–Kier alpha value is -0.820. The minimum absolute atomic E-state index is 0.160. The van der Waals surface area contributed by atoms with Gasteiger partial charge in [0.25, 0.3) is 0 Å². The second-order valence-electron chi connectivity index (χ2n) is 3.74. The molecule has 2 heteroatoms. The maximum absolute atomic E-state index is 13.5. The molecule has 0 atom stereocenters. The van der Waals surface area contributed by atoms with Gasteiger partial charge in [0, 0.05) is 5.56 Å². The molecule has 0 aliphatic rings. The molecule has 0 fully saturated rings. The highest BCUT2D eigenvalue weighted by atomic mass is 35.5. The van der Waals surface area contributed by atoms with Crippen molar-refractivity contribution in [2.45, 2.75) is 20.3 Å². The summed E-state index contributed by atoms with van der Waals surface area (Å²) >= 11 is 5.68. The summed E-state index contributed by atoms with van der Waals surface area (Å²) in [5.74, 6) is 0.133. The Morgan fingerprint density at radius 2 is 2.14 bits per heavy atom. The fourth-order valence-electron chi connectivity index (χ4n) is 1.44. The van der Waals surface area contributed by atoms with Gasteiger partial charge in [0.15, 0.2) is 0 Å². The van der Waals surface area contributed by atoms with Gasteiger partial charge in [-0.1, -0.05) is 44.2 Å². The summed E-state index contributed by atoms with van der Waals surface area (Å²) in [4.78, 5) is 0. The molecule has 1 aromatic rings. The van der Waals surface area contributed by atoms with Gasteiger partial charge in [0.05, 0.1) is 5.02 Å². The third-order valence-electron chi connectivity index (χ3n) is 2.06. The van der Waals surface area contributed by atoms with Gasteiger partial charge in [-0.2, -0.15) is 0 Å². The zero-order chi connectivity index (χ0) is 10.7. The van der Waals surface area contributed by atoms with E-state index < -0.39 is 0 Å². The largest absolute Gasteiger partial charge is 0.205 e. The Balaban J connectivity index is 3.17. The van der Waals surface area contributed by atoms with Crippen LogP contribution in [0.2, 0.25) is 5.02 Å². The Morgan fingerprint density at radius 1 is 1.50 bits per heavy atom. The molecule has 0 aliphatic carbocycles. The predicted molar refractivity (Wildman–Crippen MR) is 60.0 cm³/mol. The minimum Gasteiger partial charge on any atom is -0.205 e. The van der Waals surface area contributed by atoms with E-state index in [2.05, 4.69) is 20.4 Å². The summed E-state index contributed by atoms with van der Waals surface area (Å²) < 4.78 is 13.5. The lowest BCUT2D eigenvalue weighted by Gasteiger charge is -2.10. The molecule has 0 saturated heterocycles. The maximum Gasteiger partial charge on any atom is 0.149 e. The average Bonchev–Trinajstić information content (AvgIpc) is 2.11. The molecule has 0 bridgehead atoms. The number of hydrogen-bond donors (Lipinski definition) is 0. The summed E-state index contributed by atoms with van der Waals surface area (Å²) in [6, 6.07) is 3.46. The lowest BCUT2D eigenvalue weighted by molar-refractivity contribution is 0.610. The molecule has 0 aromatic heterocycles. The Bertz CT molecular complexity index is 342. The van der Waals surface area contributed by atoms with Crippen molar-refractivity contribution in [2.24, 2.45) is 5.92 Å². The predicted octanol–water partition coefficient (Wildman–Crippen LogP) is 4.32. The number of halogens is 2. The lowest BCUT2D eigenvalue weighted by Crippen LogP contribution is -1.99. The number of hydrogen-bond acceptors (Lipinski definition) is 0. The first kappa shape index (κ1) is 11.3. The van der Waals surface area contributed by atoms with Crippen molar-refractivity contribution in [1.29, 1.82) is 0 Å². The van der Waals surface area contributed by atoms with Crippen LogP contribution in [-0.2, 0) is 6.42 Å². The molecule has 1 aromatic carbocycles. The fourth-order valence-corrected chi connectivity index (χ4v) is 1.61. The lowest BCUT2D eigenvalue weighted by atomic mass is 9.97. The van der Waals surface area contributed by atoms with Crippen molar-refractivity contribution in [3.8, 4) is 0 Å². The summed E-state index contributed by atoms with van der Waals surface area (Å²) in [6.07, 6.45) is 2.37. The highest BCUT2D eigenvalue weighted by molar-refractivity contribution is 6.30. The van der Waals surface area contributed by atoms with E-state index in [4.69, 9.17) is 11.6 Å². The van der Waals surface area contributed by atoms with E-state index in [0.717, 1.165) is 12.0 Å². The van der Waals surface area contributed by atoms with Crippen LogP contribution in [0.4, 0.5) is 4.39 Å². The van der Waals surface area contributed by atoms with Crippen LogP contribution in [0.15, 0.2) is 18.7 Å². The van der Waals surface area contributed by atoms with Gasteiger partial charge in [-0.25, -0.2) is 4.39 Å². The topological polar surface area (TPSA) is 0 Å². The number of benzene rings is 1. The van der Waals surface area contributed by atoms with Gasteiger partial charge in [0.2, 0.25) is 0 Å². The Morgan fingerprint density at radius 3 is 2.64 bits per heavy atom. The molecule has 0 aliphatic heterocycles. The third-order valence-corrected chi connectivity index (χ3v) is 2.35. The van der Waals surface area contributed by atoms with Crippen molar-refractivity contribution in [1.82, 2.24) is 0 Å². The van der Waals surface area contributed by atoms with E-state index in [0.29, 0.717) is 11.5 Å². The molecule has 76 valence electrons. The summed E-state index contributed by atoms with van der Waals surface area (Å²) in [7, 11) is 0. The van der Waals surface area contributed by atoms with E-state index in [1.807, 2.05) is 6.07 Å². The molecule has 0 N–H and O–H groups in total. The van der Waals surface area contributed by atoms with Crippen molar-refractivity contribution in [3.05, 3.63) is 40.7 Å². The van der Waals surface area contributed by atoms with E-state index in [-0.39, 0.29) is 10.8 Å². The zero-order valence-corrected chi connectivity index (χ0v) is 9.24. The van der Waals surface area contributed by atoms with Crippen LogP contribution in [0.25, 0.3) is 6.08 Å². The molecule has 0 spiro atoms. The van der Waals surface area contributed by atoms with E-state index in [1.54, 1.807) is 6.07 Å². The molecule has 0 saturated carbocycles. The van der Waals surface area contributed by atoms with Crippen LogP contribution in [0, 0.1) is 11.7 Å². The molecule has 0 unspecified atom stereocenters. The quantitative estimate of drug-likeness (QED) is 0.700. The van der Waals surface area contributed by atoms with Crippen molar-refractivity contribution >= 4 is 17.7 Å². The molecule has 14 heavy (non-hydrogen) atoms. The van der Waals surface area contributed by atoms with Crippen LogP contribution in [-0.4, -0.2) is 0 Å². The second kappa shape index (κ2) is 4.61. The SMILES string of the molecule is C=Cc1c(CC(C)C)ccc(Cl)c1F. The summed E-state index contributed by atoms with van der Waals surface area (Å²) in [5.41, 5.74) is 1.50. The first-order valence-electron chi connectivity index (χ1n) is 4.65. The second-order valence-corrected chi connectivity index (χ2v) is 4.14. The molecule has 0 radical (unpaired) electrons. The van der Waals surface area contributed by atoms with E-state index in [1.165, 1.54) is 6.08 Å². The first-order chi connectivity index (χ1) is 6.56. The van der Waals surface area contributed by atoms with E-state index >= 15 is 0 Å². The third kappa shape index (κ3) is 2.36. The van der Waals surface area contributed by atoms with Crippen LogP contribution in [0.5, 0.6) is 0 Å². The maximum atomic E-state index is 13.5. The number of rotatable bonds is 3. The zero-order valence-electron chi connectivity index (χ0n) is 8.48. The van der Waals surface area contributed by atoms with Crippen LogP contribution in [0.3, 0.4) is 0 Å². The first-order valence-corrected chi connectivity index (χ1v) is 5.03. The van der Waals surface area contributed by atoms with Gasteiger partial charge in [-0.15, -0.1) is 0 Å². The molecular weight excluding hydrogens is 199 g/mol. The molecule has 0 nitrogen and oxygen atoms in total. The van der Waals surface area contributed by atoms with Crippen LogP contribution < -0.4 is 0 Å².